The van der Waals surface area contributed by atoms with Crippen LogP contribution < -0.4 is 16.4 Å². The number of hydrogen-bond acceptors (Lipinski definition) is 5. The normalized spacial score (nSPS) is 14.3. The van der Waals surface area contributed by atoms with Crippen molar-refractivity contribution in [2.24, 2.45) is 5.73 Å². The van der Waals surface area contributed by atoms with Gasteiger partial charge in [0.25, 0.3) is 0 Å². The molecule has 4 rings (SSSR count). The third-order valence-electron chi connectivity index (χ3n) is 4.88. The van der Waals surface area contributed by atoms with Crippen LogP contribution in [0, 0.1) is 5.82 Å². The van der Waals surface area contributed by atoms with Gasteiger partial charge >= 0.3 is 6.18 Å². The van der Waals surface area contributed by atoms with Crippen LogP contribution in [0.25, 0.3) is 10.4 Å². The molecule has 1 amide bonds. The van der Waals surface area contributed by atoms with E-state index in [0.29, 0.717) is 39.8 Å². The summed E-state index contributed by atoms with van der Waals surface area (Å²) in [4.78, 5) is 16.3. The molecule has 1 aliphatic rings. The first-order chi connectivity index (χ1) is 14.7. The van der Waals surface area contributed by atoms with Gasteiger partial charge in [0.2, 0.25) is 5.91 Å². The Balaban J connectivity index is 1.36. The van der Waals surface area contributed by atoms with Crippen molar-refractivity contribution in [2.45, 2.75) is 25.1 Å². The van der Waals surface area contributed by atoms with Crippen molar-refractivity contribution >= 4 is 28.1 Å². The van der Waals surface area contributed by atoms with Gasteiger partial charge in [0.15, 0.2) is 5.13 Å². The number of carbonyl (C=O) groups excluding carboxylic acids is 1. The summed E-state index contributed by atoms with van der Waals surface area (Å²) in [6.45, 7) is 0.346. The summed E-state index contributed by atoms with van der Waals surface area (Å²) in [6, 6.07) is 7.52. The van der Waals surface area contributed by atoms with Crippen LogP contribution in [0.3, 0.4) is 0 Å². The number of carbonyl (C=O) groups is 1. The maximum Gasteiger partial charge on any atom is 0.416 e. The van der Waals surface area contributed by atoms with Crippen molar-refractivity contribution in [3.05, 3.63) is 65.1 Å². The minimum absolute atomic E-state index is 0.166. The lowest BCUT2D eigenvalue weighted by atomic mass is 10.0. The van der Waals surface area contributed by atoms with Crippen LogP contribution in [0.5, 0.6) is 0 Å². The number of nitrogens with one attached hydrogen (secondary N) is 2. The number of aromatic nitrogens is 1. The highest BCUT2D eigenvalue weighted by Gasteiger charge is 2.30. The van der Waals surface area contributed by atoms with Crippen LogP contribution >= 0.6 is 11.3 Å². The highest BCUT2D eigenvalue weighted by atomic mass is 32.1. The molecule has 10 heteroatoms. The highest BCUT2D eigenvalue weighted by molar-refractivity contribution is 7.18. The summed E-state index contributed by atoms with van der Waals surface area (Å²) in [5, 5.41) is 6.24. The van der Waals surface area contributed by atoms with E-state index in [1.54, 1.807) is 12.3 Å². The zero-order valence-corrected chi connectivity index (χ0v) is 16.9. The van der Waals surface area contributed by atoms with E-state index in [2.05, 4.69) is 15.6 Å². The monoisotopic (exact) mass is 450 g/mol. The first-order valence-electron chi connectivity index (χ1n) is 9.43. The Hall–Kier alpha value is -2.98. The van der Waals surface area contributed by atoms with Crippen molar-refractivity contribution in [2.75, 3.05) is 17.2 Å². The molecular weight excluding hydrogens is 432 g/mol. The molecule has 5 nitrogen and oxygen atoms in total. The van der Waals surface area contributed by atoms with Gasteiger partial charge in [-0.3, -0.25) is 4.79 Å². The second-order valence-corrected chi connectivity index (χ2v) is 8.31. The number of nitrogens with zero attached hydrogens (tertiary/aromatic N) is 1. The predicted octanol–water partition coefficient (Wildman–Crippen LogP) is 4.44. The fourth-order valence-corrected chi connectivity index (χ4v) is 4.18. The first kappa shape index (κ1) is 21.3. The molecule has 2 aromatic carbocycles. The summed E-state index contributed by atoms with van der Waals surface area (Å²) in [6.07, 6.45) is -2.21. The largest absolute Gasteiger partial charge is 0.416 e. The smallest absolute Gasteiger partial charge is 0.360 e. The molecule has 0 fully saturated rings. The van der Waals surface area contributed by atoms with Gasteiger partial charge in [0, 0.05) is 30.0 Å². The van der Waals surface area contributed by atoms with Gasteiger partial charge in [0.1, 0.15) is 5.82 Å². The Bertz CT molecular complexity index is 1110. The molecule has 2 heterocycles. The summed E-state index contributed by atoms with van der Waals surface area (Å²) in [7, 11) is 0. The van der Waals surface area contributed by atoms with Gasteiger partial charge < -0.3 is 16.4 Å². The quantitative estimate of drug-likeness (QED) is 0.485. The summed E-state index contributed by atoms with van der Waals surface area (Å²) in [5.41, 5.74) is 7.69. The Labute approximate surface area is 179 Å². The van der Waals surface area contributed by atoms with Gasteiger partial charge in [0.05, 0.1) is 16.9 Å². The average Bonchev–Trinajstić information content (AvgIpc) is 3.30. The van der Waals surface area contributed by atoms with E-state index < -0.39 is 17.6 Å². The molecule has 0 radical (unpaired) electrons. The number of thiazole rings is 1. The summed E-state index contributed by atoms with van der Waals surface area (Å²) < 4.78 is 52.4. The zero-order chi connectivity index (χ0) is 22.2. The minimum atomic E-state index is -4.37. The van der Waals surface area contributed by atoms with Crippen LogP contribution in [0.2, 0.25) is 0 Å². The van der Waals surface area contributed by atoms with E-state index in [0.717, 1.165) is 17.7 Å². The van der Waals surface area contributed by atoms with Crippen LogP contribution in [0.1, 0.15) is 16.7 Å². The number of nitrogens with two attached hydrogens (primary N) is 1. The lowest BCUT2D eigenvalue weighted by molar-refractivity contribution is -0.137. The van der Waals surface area contributed by atoms with Crippen molar-refractivity contribution < 1.29 is 22.4 Å². The molecule has 0 saturated carbocycles. The van der Waals surface area contributed by atoms with Crippen molar-refractivity contribution in [3.8, 4) is 10.4 Å². The zero-order valence-electron chi connectivity index (χ0n) is 16.1. The number of fused-ring (bicyclic) bond motifs is 1. The Kier molecular flexibility index (Phi) is 5.67. The van der Waals surface area contributed by atoms with E-state index in [-0.39, 0.29) is 18.4 Å². The third kappa shape index (κ3) is 4.86. The molecule has 3 aromatic rings. The van der Waals surface area contributed by atoms with Crippen LogP contribution in [-0.4, -0.2) is 23.5 Å². The molecule has 0 spiro atoms. The van der Waals surface area contributed by atoms with E-state index in [1.807, 2.05) is 0 Å². The molecule has 1 aliphatic heterocycles. The number of halogens is 4. The molecule has 4 N–H and O–H groups in total. The maximum absolute atomic E-state index is 14.4. The molecule has 1 aromatic heterocycles. The van der Waals surface area contributed by atoms with E-state index in [1.165, 1.54) is 29.5 Å². The molecule has 0 bridgehead atoms. The van der Waals surface area contributed by atoms with E-state index in [9.17, 15) is 22.4 Å². The topological polar surface area (TPSA) is 80.0 Å². The fourth-order valence-electron chi connectivity index (χ4n) is 3.34. The molecular formula is C21H18F4N4OS. The number of alkyl halides is 3. The van der Waals surface area contributed by atoms with Crippen molar-refractivity contribution in [1.82, 2.24) is 4.98 Å². The van der Waals surface area contributed by atoms with Crippen LogP contribution in [0.4, 0.5) is 28.4 Å². The number of anilines is 2. The summed E-state index contributed by atoms with van der Waals surface area (Å²) >= 11 is 1.25. The Morgan fingerprint density at radius 3 is 2.68 bits per heavy atom. The predicted molar refractivity (Wildman–Crippen MR) is 111 cm³/mol. The van der Waals surface area contributed by atoms with Gasteiger partial charge in [-0.15, -0.1) is 0 Å². The molecule has 1 atom stereocenters. The maximum atomic E-state index is 14.4. The molecule has 1 unspecified atom stereocenters. The standard InChI is InChI=1S/C21H18F4N4OS/c22-16-8-17-12(7-19(30)29-17)6-15(16)18-10-28-20(31-18)27-9-14(26)5-11-1-3-13(4-2-11)21(23,24)25/h1-4,6,8,10,14H,5,7,9,26H2,(H,27,28)(H,29,30). The van der Waals surface area contributed by atoms with Gasteiger partial charge in [-0.25, -0.2) is 9.37 Å². The Morgan fingerprint density at radius 2 is 1.97 bits per heavy atom. The van der Waals surface area contributed by atoms with Gasteiger partial charge in [-0.05, 0) is 41.8 Å². The third-order valence-corrected chi connectivity index (χ3v) is 5.87. The molecule has 0 aliphatic carbocycles. The summed E-state index contributed by atoms with van der Waals surface area (Å²) in [5.74, 6) is -0.615. The molecule has 31 heavy (non-hydrogen) atoms. The average molecular weight is 450 g/mol. The lowest BCUT2D eigenvalue weighted by Gasteiger charge is -2.13. The van der Waals surface area contributed by atoms with Crippen molar-refractivity contribution in [3.63, 3.8) is 0 Å². The van der Waals surface area contributed by atoms with Gasteiger partial charge in [-0.1, -0.05) is 23.5 Å². The SMILES string of the molecule is NC(CNc1ncc(-c2cc3c(cc2F)NC(=O)C3)s1)Cc1ccc(C(F)(F)F)cc1. The fraction of sp³-hybridized carbons (Fsp3) is 0.238. The number of rotatable bonds is 6. The van der Waals surface area contributed by atoms with Crippen molar-refractivity contribution in [1.29, 1.82) is 0 Å². The highest BCUT2D eigenvalue weighted by Crippen LogP contribution is 2.35. The molecule has 0 saturated heterocycles. The van der Waals surface area contributed by atoms with Crippen LogP contribution in [-0.2, 0) is 23.8 Å². The van der Waals surface area contributed by atoms with E-state index in [4.69, 9.17) is 5.73 Å². The second-order valence-electron chi connectivity index (χ2n) is 7.28. The number of hydrogen-bond donors (Lipinski definition) is 3. The first-order valence-corrected chi connectivity index (χ1v) is 10.2. The van der Waals surface area contributed by atoms with Crippen LogP contribution in [0.15, 0.2) is 42.6 Å². The minimum Gasteiger partial charge on any atom is -0.360 e. The van der Waals surface area contributed by atoms with Gasteiger partial charge in [-0.2, -0.15) is 13.2 Å². The Morgan fingerprint density at radius 1 is 1.23 bits per heavy atom. The van der Waals surface area contributed by atoms with E-state index >= 15 is 0 Å². The number of amides is 1. The molecule has 162 valence electrons. The lowest BCUT2D eigenvalue weighted by Crippen LogP contribution is -2.31. The second kappa shape index (κ2) is 8.27. The number of benzene rings is 2.